The van der Waals surface area contributed by atoms with E-state index in [2.05, 4.69) is 78.6 Å². The second-order valence-electron chi connectivity index (χ2n) is 16.4. The quantitative estimate of drug-likeness (QED) is 0.192. The van der Waals surface area contributed by atoms with Crippen LogP contribution in [0.2, 0.25) is 78.6 Å². The fourth-order valence-electron chi connectivity index (χ4n) is 7.32. The molecule has 0 aromatic carbocycles. The van der Waals surface area contributed by atoms with Gasteiger partial charge in [0.2, 0.25) is 0 Å². The number of hydrogen-bond acceptors (Lipinski definition) is 0. The van der Waals surface area contributed by atoms with E-state index in [4.69, 9.17) is 9.30 Å². The molecule has 38 heavy (non-hydrogen) atoms. The first-order valence-electron chi connectivity index (χ1n) is 16.2. The van der Waals surface area contributed by atoms with Gasteiger partial charge in [-0.2, -0.15) is 0 Å². The summed E-state index contributed by atoms with van der Waals surface area (Å²) >= 11 is 0. The molecule has 3 fully saturated rings. The van der Waals surface area contributed by atoms with Gasteiger partial charge in [-0.3, -0.25) is 0 Å². The smallest absolute Gasteiger partial charge is 0.668 e. The van der Waals surface area contributed by atoms with Crippen LogP contribution in [0.3, 0.4) is 0 Å². The Balaban J connectivity index is 0.000000613. The molecule has 0 atom stereocenters. The molecule has 2 nitrogen and oxygen atoms in total. The molecular weight excluding hydrogens is 591 g/mol. The van der Waals surface area contributed by atoms with Gasteiger partial charge in [-0.05, 0) is 77.0 Å². The number of hydrogen-bond donors (Lipinski definition) is 0. The van der Waals surface area contributed by atoms with Gasteiger partial charge in [0.15, 0.2) is 0 Å². The molecule has 8 heteroatoms. The first kappa shape index (κ1) is 39.7. The average Bonchev–Trinajstić information content (AvgIpc) is 2.72. The third-order valence-electron chi connectivity index (χ3n) is 7.57. The van der Waals surface area contributed by atoms with Crippen molar-refractivity contribution in [3.05, 3.63) is 9.30 Å². The van der Waals surface area contributed by atoms with E-state index < -0.39 is 32.9 Å². The monoisotopic (exact) mass is 660 g/mol. The molecule has 0 bridgehead atoms. The molecule has 0 aromatic rings. The molecule has 0 spiro atoms. The van der Waals surface area contributed by atoms with E-state index in [0.29, 0.717) is 0 Å². The van der Waals surface area contributed by atoms with Gasteiger partial charge in [-0.15, -0.1) is 0 Å². The van der Waals surface area contributed by atoms with Gasteiger partial charge in [-0.1, -0.05) is 131 Å². The van der Waals surface area contributed by atoms with Crippen LogP contribution in [0.4, 0.5) is 0 Å². The Morgan fingerprint density at radius 1 is 0.368 bits per heavy atom. The molecule has 3 aliphatic carbocycles. The van der Waals surface area contributed by atoms with E-state index >= 15 is 0 Å². The Kier molecular flexibility index (Phi) is 19.2. The summed E-state index contributed by atoms with van der Waals surface area (Å²) in [5, 5.41) is 0. The van der Waals surface area contributed by atoms with Crippen molar-refractivity contribution >= 4 is 40.9 Å². The normalized spacial score (nSPS) is 21.1. The van der Waals surface area contributed by atoms with E-state index in [0.717, 1.165) is 0 Å². The van der Waals surface area contributed by atoms with E-state index in [1.165, 1.54) is 17.0 Å². The molecule has 0 unspecified atom stereocenters. The molecular formula is C30H70CoN2PSi4+. The Labute approximate surface area is 257 Å². The maximum absolute atomic E-state index is 4.82. The van der Waals surface area contributed by atoms with Gasteiger partial charge in [0.25, 0.3) is 0 Å². The average molecular weight is 661 g/mol. The van der Waals surface area contributed by atoms with Crippen molar-refractivity contribution in [1.29, 1.82) is 0 Å². The van der Waals surface area contributed by atoms with Crippen LogP contribution in [0.5, 0.6) is 0 Å². The van der Waals surface area contributed by atoms with Crippen LogP contribution < -0.4 is 0 Å². The fourth-order valence-corrected chi connectivity index (χ4v) is 28.6. The van der Waals surface area contributed by atoms with E-state index in [1.54, 1.807) is 96.3 Å². The van der Waals surface area contributed by atoms with Gasteiger partial charge in [0, 0.05) is 7.92 Å². The molecule has 0 aliphatic heterocycles. The van der Waals surface area contributed by atoms with Crippen molar-refractivity contribution < 1.29 is 16.8 Å². The van der Waals surface area contributed by atoms with E-state index in [-0.39, 0.29) is 24.7 Å². The molecule has 0 amide bonds. The second-order valence-corrected chi connectivity index (χ2v) is 39.0. The molecule has 3 aliphatic rings. The van der Waals surface area contributed by atoms with Crippen LogP contribution in [0, 0.1) is 0 Å². The van der Waals surface area contributed by atoms with Crippen LogP contribution in [-0.4, -0.2) is 49.9 Å². The van der Waals surface area contributed by atoms with Crippen molar-refractivity contribution in [3.63, 3.8) is 0 Å². The minimum Gasteiger partial charge on any atom is -0.668 e. The maximum Gasteiger partial charge on any atom is 2.00 e. The molecule has 0 N–H and O–H groups in total. The zero-order chi connectivity index (χ0) is 28.3. The maximum atomic E-state index is 4.82. The zero-order valence-electron chi connectivity index (χ0n) is 28.1. The summed E-state index contributed by atoms with van der Waals surface area (Å²) in [5.74, 6) is 0. The van der Waals surface area contributed by atoms with Crippen molar-refractivity contribution in [1.82, 2.24) is 0 Å². The van der Waals surface area contributed by atoms with Gasteiger partial charge < -0.3 is 9.30 Å². The van der Waals surface area contributed by atoms with Gasteiger partial charge in [0.05, 0.1) is 17.0 Å². The van der Waals surface area contributed by atoms with Gasteiger partial charge >= 0.3 is 16.8 Å². The Morgan fingerprint density at radius 2 is 0.553 bits per heavy atom. The van der Waals surface area contributed by atoms with Crippen LogP contribution in [0.15, 0.2) is 0 Å². The molecule has 0 heterocycles. The minimum absolute atomic E-state index is 0. The van der Waals surface area contributed by atoms with Crippen LogP contribution in [0.25, 0.3) is 9.30 Å². The largest absolute Gasteiger partial charge is 2.00 e. The molecule has 1 radical (unpaired) electrons. The molecule has 0 saturated heterocycles. The van der Waals surface area contributed by atoms with Crippen molar-refractivity contribution in [2.24, 2.45) is 0 Å². The second kappa shape index (κ2) is 18.4. The molecule has 3 rings (SSSR count). The number of rotatable bonds is 7. The molecule has 229 valence electrons. The van der Waals surface area contributed by atoms with E-state index in [9.17, 15) is 0 Å². The third-order valence-corrected chi connectivity index (χ3v) is 22.9. The van der Waals surface area contributed by atoms with Crippen LogP contribution >= 0.6 is 7.92 Å². The topological polar surface area (TPSA) is 28.2 Å². The van der Waals surface area contributed by atoms with Crippen molar-refractivity contribution in [2.75, 3.05) is 0 Å². The van der Waals surface area contributed by atoms with Gasteiger partial charge in [-0.25, -0.2) is 0 Å². The van der Waals surface area contributed by atoms with E-state index in [1.807, 2.05) is 0 Å². The first-order valence-corrected chi connectivity index (χ1v) is 31.7. The summed E-state index contributed by atoms with van der Waals surface area (Å²) in [6, 6.07) is 0. The third kappa shape index (κ3) is 20.6. The Bertz CT molecular complexity index is 501. The summed E-state index contributed by atoms with van der Waals surface area (Å²) in [6.45, 7) is 27.6. The van der Waals surface area contributed by atoms with Crippen molar-refractivity contribution in [2.45, 2.75) is 192 Å². The first-order chi connectivity index (χ1) is 16.9. The Hall–Kier alpha value is 1.72. The fraction of sp³-hybridized carbons (Fsp3) is 1.00. The van der Waals surface area contributed by atoms with Crippen LogP contribution in [-0.2, 0) is 16.8 Å². The Morgan fingerprint density at radius 3 is 0.684 bits per heavy atom. The molecule has 0 aromatic heterocycles. The van der Waals surface area contributed by atoms with Gasteiger partial charge in [0.1, 0.15) is 0 Å². The predicted octanol–water partition coefficient (Wildman–Crippen LogP) is 12.3. The molecule has 3 saturated carbocycles. The zero-order valence-corrected chi connectivity index (χ0v) is 34.1. The van der Waals surface area contributed by atoms with Crippen LogP contribution in [0.1, 0.15) is 96.3 Å². The van der Waals surface area contributed by atoms with Crippen molar-refractivity contribution in [3.8, 4) is 0 Å². The predicted molar refractivity (Wildman–Crippen MR) is 189 cm³/mol. The summed E-state index contributed by atoms with van der Waals surface area (Å²) in [4.78, 5) is 0. The summed E-state index contributed by atoms with van der Waals surface area (Å²) in [6.07, 6.45) is 23.8. The standard InChI is InChI=1S/C18H33P.2C6H18NSi2.Co/c1-4-10-16(11-5-1)19(17-12-6-2-7-13-17)18-14-8-3-9-15-18;2*1-8(2,3)7-9(4,5)6;/h16-18H,1-15H2;2*1-6H3;/q;2*-1;+2/p+1. The number of nitrogens with zero attached hydrogens (tertiary/aromatic N) is 2. The minimum atomic E-state index is -1.11. The SMILES string of the molecule is C1CCC([PH+](C2CCCCC2)C2CCCCC2)CC1.C[Si](C)(C)[N-][Si](C)(C)C.C[Si](C)(C)[N-][Si](C)(C)C.[Co+2]. The summed E-state index contributed by atoms with van der Waals surface area (Å²) in [7, 11) is -4.47. The summed E-state index contributed by atoms with van der Waals surface area (Å²) < 4.78 is 9.64. The summed E-state index contributed by atoms with van der Waals surface area (Å²) in [5.41, 5.74) is 3.68.